The van der Waals surface area contributed by atoms with Gasteiger partial charge in [-0.2, -0.15) is 0 Å². The second-order valence-electron chi connectivity index (χ2n) is 7.00. The van der Waals surface area contributed by atoms with Crippen molar-refractivity contribution in [3.63, 3.8) is 0 Å². The fourth-order valence-electron chi connectivity index (χ4n) is 2.33. The van der Waals surface area contributed by atoms with Gasteiger partial charge in [-0.05, 0) is 50.2 Å². The molecule has 1 amide bonds. The predicted molar refractivity (Wildman–Crippen MR) is 97.8 cm³/mol. The minimum Gasteiger partial charge on any atom is -0.400 e. The van der Waals surface area contributed by atoms with E-state index in [1.54, 1.807) is 18.4 Å². The number of amides is 1. The molecular weight excluding hydrogens is 325 g/mol. The van der Waals surface area contributed by atoms with Crippen LogP contribution in [0, 0.1) is 0 Å². The van der Waals surface area contributed by atoms with E-state index in [0.29, 0.717) is 13.2 Å². The first-order chi connectivity index (χ1) is 11.1. The van der Waals surface area contributed by atoms with Crippen LogP contribution in [0.3, 0.4) is 0 Å². The van der Waals surface area contributed by atoms with Crippen molar-refractivity contribution in [1.29, 1.82) is 0 Å². The quantitative estimate of drug-likeness (QED) is 0.801. The van der Waals surface area contributed by atoms with Gasteiger partial charge in [-0.1, -0.05) is 6.08 Å². The highest BCUT2D eigenvalue weighted by atomic mass is 32.1. The van der Waals surface area contributed by atoms with Crippen LogP contribution in [0.15, 0.2) is 16.9 Å². The number of hydrogen-bond donors (Lipinski definition) is 1. The van der Waals surface area contributed by atoms with Gasteiger partial charge in [-0.3, -0.25) is 4.79 Å². The maximum Gasteiger partial charge on any atom is 0.492 e. The Labute approximate surface area is 148 Å². The van der Waals surface area contributed by atoms with E-state index in [2.05, 4.69) is 16.8 Å². The summed E-state index contributed by atoms with van der Waals surface area (Å²) in [6.45, 7) is 10.6. The van der Waals surface area contributed by atoms with Gasteiger partial charge in [0, 0.05) is 25.5 Å². The molecule has 0 radical (unpaired) electrons. The Balaban J connectivity index is 2.24. The molecule has 1 fully saturated rings. The Bertz CT molecular complexity index is 608. The highest BCUT2D eigenvalue weighted by molar-refractivity contribution is 7.10. The van der Waals surface area contributed by atoms with Crippen LogP contribution in [0.4, 0.5) is 0 Å². The van der Waals surface area contributed by atoms with E-state index < -0.39 is 18.3 Å². The summed E-state index contributed by atoms with van der Waals surface area (Å²) in [4.78, 5) is 12.5. The Morgan fingerprint density at radius 2 is 1.96 bits per heavy atom. The number of rotatable bonds is 6. The molecule has 24 heavy (non-hydrogen) atoms. The standard InChI is InChI=1S/C17H26BNO4S/c1-12(20)19-9-14(7-13-8-15(10-21-6)24-11-13)18-22-16(2,3)17(4,5)23-18/h7-8,11H,9-10H2,1-6H3,(H,19,20). The maximum atomic E-state index is 11.3. The van der Waals surface area contributed by atoms with Crippen LogP contribution in [0.5, 0.6) is 0 Å². The molecular formula is C17H26BNO4S. The molecule has 5 nitrogen and oxygen atoms in total. The van der Waals surface area contributed by atoms with Crippen molar-refractivity contribution >= 4 is 30.4 Å². The van der Waals surface area contributed by atoms with E-state index in [9.17, 15) is 4.79 Å². The average molecular weight is 351 g/mol. The molecule has 0 spiro atoms. The SMILES string of the molecule is COCc1cc(C=C(CNC(C)=O)B2OC(C)(C)C(C)(C)O2)cs1. The predicted octanol–water partition coefficient (Wildman–Crippen LogP) is 3.05. The fourth-order valence-corrected chi connectivity index (χ4v) is 3.14. The molecule has 7 heteroatoms. The molecule has 0 unspecified atom stereocenters. The highest BCUT2D eigenvalue weighted by Gasteiger charge is 2.52. The van der Waals surface area contributed by atoms with Crippen molar-refractivity contribution in [1.82, 2.24) is 5.32 Å². The fraction of sp³-hybridized carbons (Fsp3) is 0.588. The number of nitrogens with one attached hydrogen (secondary N) is 1. The summed E-state index contributed by atoms with van der Waals surface area (Å²) in [7, 11) is 1.20. The first-order valence-corrected chi connectivity index (χ1v) is 8.89. The van der Waals surface area contributed by atoms with Crippen LogP contribution in [0.2, 0.25) is 0 Å². The van der Waals surface area contributed by atoms with Gasteiger partial charge in [0.25, 0.3) is 0 Å². The number of thiophene rings is 1. The first kappa shape index (κ1) is 19.2. The van der Waals surface area contributed by atoms with Crippen LogP contribution in [-0.4, -0.2) is 37.9 Å². The molecule has 1 saturated heterocycles. The average Bonchev–Trinajstić information content (AvgIpc) is 2.97. The van der Waals surface area contributed by atoms with Gasteiger partial charge >= 0.3 is 7.12 Å². The molecule has 1 aliphatic rings. The molecule has 0 atom stereocenters. The molecule has 0 saturated carbocycles. The lowest BCUT2D eigenvalue weighted by atomic mass is 9.77. The van der Waals surface area contributed by atoms with Gasteiger partial charge in [0.1, 0.15) is 0 Å². The monoisotopic (exact) mass is 351 g/mol. The van der Waals surface area contributed by atoms with E-state index in [1.165, 1.54) is 6.92 Å². The third kappa shape index (κ3) is 4.48. The van der Waals surface area contributed by atoms with Crippen LogP contribution >= 0.6 is 11.3 Å². The number of ether oxygens (including phenoxy) is 1. The van der Waals surface area contributed by atoms with Gasteiger partial charge in [0.05, 0.1) is 17.8 Å². The summed E-state index contributed by atoms with van der Waals surface area (Å²) in [6.07, 6.45) is 2.02. The molecule has 1 aromatic rings. The van der Waals surface area contributed by atoms with Crippen LogP contribution < -0.4 is 5.32 Å². The topological polar surface area (TPSA) is 56.8 Å². The van der Waals surface area contributed by atoms with Gasteiger partial charge in [-0.15, -0.1) is 11.3 Å². The first-order valence-electron chi connectivity index (χ1n) is 8.01. The molecule has 0 aromatic carbocycles. The molecule has 1 N–H and O–H groups in total. The van der Waals surface area contributed by atoms with Crippen molar-refractivity contribution in [2.24, 2.45) is 0 Å². The lowest BCUT2D eigenvalue weighted by Crippen LogP contribution is -2.41. The van der Waals surface area contributed by atoms with E-state index in [-0.39, 0.29) is 5.91 Å². The third-order valence-electron chi connectivity index (χ3n) is 4.41. The molecule has 1 aromatic heterocycles. The lowest BCUT2D eigenvalue weighted by Gasteiger charge is -2.32. The Hall–Kier alpha value is -1.15. The normalized spacial score (nSPS) is 19.6. The van der Waals surface area contributed by atoms with Gasteiger partial charge in [0.15, 0.2) is 0 Å². The Morgan fingerprint density at radius 3 is 2.50 bits per heavy atom. The minimum atomic E-state index is -0.479. The summed E-state index contributed by atoms with van der Waals surface area (Å²) in [5.41, 5.74) is 1.12. The van der Waals surface area contributed by atoms with Crippen molar-refractivity contribution in [3.8, 4) is 0 Å². The second-order valence-corrected chi connectivity index (χ2v) is 7.99. The van der Waals surface area contributed by atoms with Crippen LogP contribution in [0.1, 0.15) is 45.1 Å². The van der Waals surface area contributed by atoms with E-state index >= 15 is 0 Å². The molecule has 2 heterocycles. The zero-order valence-electron chi connectivity index (χ0n) is 15.3. The molecule has 0 aliphatic carbocycles. The number of carbonyl (C=O) groups excluding carboxylic acids is 1. The van der Waals surface area contributed by atoms with Gasteiger partial charge in [0.2, 0.25) is 5.91 Å². The van der Waals surface area contributed by atoms with Crippen molar-refractivity contribution in [2.75, 3.05) is 13.7 Å². The molecule has 0 bridgehead atoms. The zero-order chi connectivity index (χ0) is 18.0. The summed E-state index contributed by atoms with van der Waals surface area (Å²) >= 11 is 1.64. The van der Waals surface area contributed by atoms with Crippen LogP contribution in [0.25, 0.3) is 6.08 Å². The Kier molecular flexibility index (Phi) is 5.91. The zero-order valence-corrected chi connectivity index (χ0v) is 16.1. The molecule has 2 rings (SSSR count). The van der Waals surface area contributed by atoms with E-state index in [1.807, 2.05) is 33.8 Å². The maximum absolute atomic E-state index is 11.3. The van der Waals surface area contributed by atoms with Crippen molar-refractivity contribution < 1.29 is 18.8 Å². The number of carbonyl (C=O) groups is 1. The van der Waals surface area contributed by atoms with Crippen molar-refractivity contribution in [3.05, 3.63) is 27.4 Å². The molecule has 1 aliphatic heterocycles. The van der Waals surface area contributed by atoms with Crippen molar-refractivity contribution in [2.45, 2.75) is 52.4 Å². The van der Waals surface area contributed by atoms with Gasteiger partial charge < -0.3 is 19.4 Å². The van der Waals surface area contributed by atoms with Crippen LogP contribution in [-0.2, 0) is 25.4 Å². The Morgan fingerprint density at radius 1 is 1.33 bits per heavy atom. The summed E-state index contributed by atoms with van der Waals surface area (Å²) in [6, 6.07) is 2.08. The highest BCUT2D eigenvalue weighted by Crippen LogP contribution is 2.38. The molecule has 132 valence electrons. The van der Waals surface area contributed by atoms with E-state index in [0.717, 1.165) is 15.9 Å². The number of methoxy groups -OCH3 is 1. The number of hydrogen-bond acceptors (Lipinski definition) is 5. The summed E-state index contributed by atoms with van der Waals surface area (Å²) in [5, 5.41) is 4.90. The summed E-state index contributed by atoms with van der Waals surface area (Å²) < 4.78 is 17.4. The smallest absolute Gasteiger partial charge is 0.400 e. The van der Waals surface area contributed by atoms with Gasteiger partial charge in [-0.25, -0.2) is 0 Å². The second kappa shape index (κ2) is 7.39. The van der Waals surface area contributed by atoms with E-state index in [4.69, 9.17) is 14.0 Å². The lowest BCUT2D eigenvalue weighted by molar-refractivity contribution is -0.118. The largest absolute Gasteiger partial charge is 0.492 e. The third-order valence-corrected chi connectivity index (χ3v) is 5.34. The summed E-state index contributed by atoms with van der Waals surface area (Å²) in [5.74, 6) is -0.0807. The minimum absolute atomic E-state index is 0.0807.